The molecule has 0 amide bonds. The molecule has 1 aliphatic rings. The van der Waals surface area contributed by atoms with E-state index in [-0.39, 0.29) is 25.0 Å². The molecule has 30 heavy (non-hydrogen) atoms. The molecule has 1 fully saturated rings. The normalized spacial score (nSPS) is 21.1. The summed E-state index contributed by atoms with van der Waals surface area (Å²) in [6.07, 6.45) is 0.0753. The van der Waals surface area contributed by atoms with E-state index in [1.54, 1.807) is 36.4 Å². The van der Waals surface area contributed by atoms with E-state index in [0.717, 1.165) is 0 Å². The van der Waals surface area contributed by atoms with Crippen molar-refractivity contribution in [3.05, 3.63) is 47.5 Å². The highest BCUT2D eigenvalue weighted by Crippen LogP contribution is 2.33. The predicted octanol–water partition coefficient (Wildman–Crippen LogP) is 5.09. The number of aromatic nitrogens is 2. The number of hydrogen-bond acceptors (Lipinski definition) is 6. The first-order valence-electron chi connectivity index (χ1n) is 10.0. The number of benzene rings is 2. The summed E-state index contributed by atoms with van der Waals surface area (Å²) in [5, 5.41) is 13.5. The molecule has 1 aromatic heterocycles. The lowest BCUT2D eigenvalue weighted by Crippen LogP contribution is -2.38. The highest BCUT2D eigenvalue weighted by Gasteiger charge is 2.36. The molecule has 0 atom stereocenters. The Balaban J connectivity index is 1.42. The summed E-state index contributed by atoms with van der Waals surface area (Å²) in [6, 6.07) is 12.4. The van der Waals surface area contributed by atoms with Crippen LogP contribution in [0.3, 0.4) is 0 Å². The number of aliphatic carboxylic acids is 1. The molecule has 1 aliphatic carbocycles. The van der Waals surface area contributed by atoms with Gasteiger partial charge < -0.3 is 19.1 Å². The van der Waals surface area contributed by atoms with Gasteiger partial charge in [0.05, 0.1) is 17.0 Å². The van der Waals surface area contributed by atoms with Gasteiger partial charge >= 0.3 is 5.97 Å². The molecule has 0 radical (unpaired) electrons. The van der Waals surface area contributed by atoms with Gasteiger partial charge in [-0.3, -0.25) is 4.79 Å². The zero-order valence-corrected chi connectivity index (χ0v) is 17.2. The van der Waals surface area contributed by atoms with Crippen LogP contribution in [0.4, 0.5) is 0 Å². The van der Waals surface area contributed by atoms with E-state index in [1.807, 2.05) is 19.9 Å². The Kier molecular flexibility index (Phi) is 5.27. The van der Waals surface area contributed by atoms with Crippen LogP contribution < -0.4 is 9.47 Å². The van der Waals surface area contributed by atoms with E-state index in [0.29, 0.717) is 39.4 Å². The van der Waals surface area contributed by atoms with Gasteiger partial charge in [-0.15, -0.1) is 0 Å². The summed E-state index contributed by atoms with van der Waals surface area (Å²) in [5.74, 6) is -0.612. The molecule has 8 heteroatoms. The van der Waals surface area contributed by atoms with Crippen LogP contribution in [0.25, 0.3) is 22.8 Å². The van der Waals surface area contributed by atoms with Gasteiger partial charge in [0.15, 0.2) is 0 Å². The molecule has 1 heterocycles. The van der Waals surface area contributed by atoms with Crippen LogP contribution in [-0.4, -0.2) is 33.4 Å². The molecule has 0 unspecified atom stereocenters. The van der Waals surface area contributed by atoms with Crippen molar-refractivity contribution in [3.8, 4) is 34.3 Å². The molecule has 156 valence electrons. The number of carboxylic acids is 1. The minimum absolute atomic E-state index is 0.0167. The second-order valence-corrected chi connectivity index (χ2v) is 7.72. The average Bonchev–Trinajstić information content (AvgIpc) is 3.18. The standard InChI is InChI=1S/C22H21ClN2O5/c1-12(2)28-19-8-5-14(11-18(19)23)20-24-21(30-25-20)13-3-6-16(7-4-13)29-17-9-15(10-17)22(26)27/h3-8,11-12,15,17H,9-10H2,1-2H3,(H,26,27)/i15D. The highest BCUT2D eigenvalue weighted by molar-refractivity contribution is 6.32. The minimum Gasteiger partial charge on any atom is -0.490 e. The lowest BCUT2D eigenvalue weighted by molar-refractivity contribution is -0.147. The Morgan fingerprint density at radius 2 is 1.93 bits per heavy atom. The van der Waals surface area contributed by atoms with Gasteiger partial charge in [0.1, 0.15) is 17.6 Å². The van der Waals surface area contributed by atoms with Crippen molar-refractivity contribution in [1.29, 1.82) is 0 Å². The first-order chi connectivity index (χ1) is 14.7. The van der Waals surface area contributed by atoms with Crippen LogP contribution in [0.15, 0.2) is 47.0 Å². The quantitative estimate of drug-likeness (QED) is 0.559. The van der Waals surface area contributed by atoms with Crippen molar-refractivity contribution in [2.24, 2.45) is 5.89 Å². The van der Waals surface area contributed by atoms with Crippen molar-refractivity contribution in [2.75, 3.05) is 0 Å². The van der Waals surface area contributed by atoms with Crippen LogP contribution in [0, 0.1) is 5.89 Å². The van der Waals surface area contributed by atoms with E-state index < -0.39 is 11.9 Å². The van der Waals surface area contributed by atoms with Crippen LogP contribution >= 0.6 is 11.6 Å². The minimum atomic E-state index is -1.44. The number of ether oxygens (including phenoxy) is 2. The van der Waals surface area contributed by atoms with Crippen molar-refractivity contribution in [3.63, 3.8) is 0 Å². The summed E-state index contributed by atoms with van der Waals surface area (Å²) in [4.78, 5) is 15.4. The van der Waals surface area contributed by atoms with Crippen LogP contribution in [0.2, 0.25) is 5.02 Å². The summed E-state index contributed by atoms with van der Waals surface area (Å²) >= 11 is 6.29. The topological polar surface area (TPSA) is 94.7 Å². The fraction of sp³-hybridized carbons (Fsp3) is 0.318. The molecule has 0 saturated heterocycles. The lowest BCUT2D eigenvalue weighted by atomic mass is 9.82. The molecule has 0 aliphatic heterocycles. The Morgan fingerprint density at radius 3 is 2.57 bits per heavy atom. The Hall–Kier alpha value is -3.06. The summed E-state index contributed by atoms with van der Waals surface area (Å²) in [7, 11) is 0. The SMILES string of the molecule is [2H]C1(C(=O)O)CC(Oc2ccc(-c3nc(-c4ccc(OC(C)C)c(Cl)c4)no3)cc2)C1. The van der Waals surface area contributed by atoms with E-state index in [1.165, 1.54) is 0 Å². The van der Waals surface area contributed by atoms with E-state index in [4.69, 9.17) is 32.1 Å². The fourth-order valence-electron chi connectivity index (χ4n) is 3.06. The number of halogens is 1. The third-order valence-electron chi connectivity index (χ3n) is 4.63. The molecule has 4 rings (SSSR count). The summed E-state index contributed by atoms with van der Waals surface area (Å²) in [5.41, 5.74) is 1.42. The third-order valence-corrected chi connectivity index (χ3v) is 4.93. The first kappa shape index (κ1) is 18.9. The van der Waals surface area contributed by atoms with E-state index >= 15 is 0 Å². The third kappa shape index (κ3) is 4.41. The Morgan fingerprint density at radius 1 is 1.23 bits per heavy atom. The molecule has 1 N–H and O–H groups in total. The van der Waals surface area contributed by atoms with Crippen molar-refractivity contribution in [2.45, 2.75) is 38.9 Å². The maximum absolute atomic E-state index is 11.0. The number of nitrogens with zero attached hydrogens (tertiary/aromatic N) is 2. The first-order valence-corrected chi connectivity index (χ1v) is 9.92. The van der Waals surface area contributed by atoms with Gasteiger partial charge in [0.25, 0.3) is 5.89 Å². The average molecular weight is 430 g/mol. The second kappa shape index (κ2) is 8.36. The van der Waals surface area contributed by atoms with E-state index in [2.05, 4.69) is 10.1 Å². The molecular formula is C22H21ClN2O5. The van der Waals surface area contributed by atoms with Gasteiger partial charge in [0.2, 0.25) is 5.82 Å². The summed E-state index contributed by atoms with van der Waals surface area (Å²) in [6.45, 7) is 3.85. The van der Waals surface area contributed by atoms with Gasteiger partial charge in [-0.05, 0) is 69.2 Å². The van der Waals surface area contributed by atoms with Crippen molar-refractivity contribution in [1.82, 2.24) is 10.1 Å². The Labute approximate surface area is 180 Å². The molecule has 2 aromatic carbocycles. The molecular weight excluding hydrogens is 408 g/mol. The zero-order chi connectivity index (χ0) is 22.2. The molecule has 0 bridgehead atoms. The van der Waals surface area contributed by atoms with Crippen LogP contribution in [-0.2, 0) is 4.79 Å². The van der Waals surface area contributed by atoms with Gasteiger partial charge in [-0.1, -0.05) is 16.8 Å². The molecule has 1 saturated carbocycles. The second-order valence-electron chi connectivity index (χ2n) is 7.32. The molecule has 7 nitrogen and oxygen atoms in total. The number of carboxylic acid groups (broad SMARTS) is 1. The molecule has 3 aromatic rings. The monoisotopic (exact) mass is 429 g/mol. The fourth-order valence-corrected chi connectivity index (χ4v) is 3.29. The highest BCUT2D eigenvalue weighted by atomic mass is 35.5. The van der Waals surface area contributed by atoms with Gasteiger partial charge in [-0.2, -0.15) is 4.98 Å². The maximum Gasteiger partial charge on any atom is 0.306 e. The van der Waals surface area contributed by atoms with Crippen molar-refractivity contribution < 1.29 is 25.3 Å². The number of carbonyl (C=O) groups is 1. The van der Waals surface area contributed by atoms with Crippen LogP contribution in [0.5, 0.6) is 11.5 Å². The Bertz CT molecular complexity index is 1090. The van der Waals surface area contributed by atoms with Crippen LogP contribution in [0.1, 0.15) is 28.1 Å². The van der Waals surface area contributed by atoms with Gasteiger partial charge in [0, 0.05) is 12.5 Å². The summed E-state index contributed by atoms with van der Waals surface area (Å²) < 4.78 is 24.5. The van der Waals surface area contributed by atoms with Crippen molar-refractivity contribution >= 4 is 17.6 Å². The lowest BCUT2D eigenvalue weighted by Gasteiger charge is -2.32. The smallest absolute Gasteiger partial charge is 0.306 e. The van der Waals surface area contributed by atoms with Gasteiger partial charge in [-0.25, -0.2) is 0 Å². The zero-order valence-electron chi connectivity index (χ0n) is 17.5. The maximum atomic E-state index is 11.0. The number of hydrogen-bond donors (Lipinski definition) is 1. The van der Waals surface area contributed by atoms with E-state index in [9.17, 15) is 4.79 Å². The predicted molar refractivity (Wildman–Crippen MR) is 111 cm³/mol. The molecule has 0 spiro atoms. The largest absolute Gasteiger partial charge is 0.490 e. The number of rotatable bonds is 7.